The third-order valence-corrected chi connectivity index (χ3v) is 4.67. The van der Waals surface area contributed by atoms with E-state index < -0.39 is 26.6 Å². The molecule has 9 heteroatoms. The number of nitrogens with two attached hydrogens (primary N) is 1. The van der Waals surface area contributed by atoms with E-state index in [0.717, 1.165) is 25.0 Å². The summed E-state index contributed by atoms with van der Waals surface area (Å²) in [6.07, 6.45) is 1.75. The van der Waals surface area contributed by atoms with Crippen molar-refractivity contribution in [2.24, 2.45) is 5.14 Å². The molecule has 0 radical (unpaired) electrons. The highest BCUT2D eigenvalue weighted by Crippen LogP contribution is 2.24. The smallest absolute Gasteiger partial charge is 0.252 e. The molecule has 2 rings (SSSR count). The predicted octanol–water partition coefficient (Wildman–Crippen LogP) is 1.14. The van der Waals surface area contributed by atoms with E-state index in [1.165, 1.54) is 0 Å². The highest BCUT2D eigenvalue weighted by Gasteiger charge is 2.22. The van der Waals surface area contributed by atoms with Gasteiger partial charge in [0.15, 0.2) is 0 Å². The van der Waals surface area contributed by atoms with E-state index in [1.54, 1.807) is 0 Å². The molecule has 1 aromatic carbocycles. The lowest BCUT2D eigenvalue weighted by molar-refractivity contribution is 0.0857. The molecule has 0 spiro atoms. The minimum absolute atomic E-state index is 0.00146. The number of amides is 1. The number of sulfonamides is 1. The van der Waals surface area contributed by atoms with Crippen LogP contribution in [-0.2, 0) is 14.8 Å². The van der Waals surface area contributed by atoms with Gasteiger partial charge >= 0.3 is 0 Å². The van der Waals surface area contributed by atoms with Gasteiger partial charge in [0.25, 0.3) is 5.91 Å². The van der Waals surface area contributed by atoms with E-state index in [-0.39, 0.29) is 16.1 Å². The number of ether oxygens (including phenoxy) is 1. The Morgan fingerprint density at radius 1 is 1.52 bits per heavy atom. The van der Waals surface area contributed by atoms with Crippen LogP contribution in [0.4, 0.5) is 4.39 Å². The number of hydrogen-bond donors (Lipinski definition) is 2. The Bertz CT molecular complexity index is 659. The van der Waals surface area contributed by atoms with Gasteiger partial charge in [-0.25, -0.2) is 17.9 Å². The molecule has 0 bridgehead atoms. The molecule has 21 heavy (non-hydrogen) atoms. The van der Waals surface area contributed by atoms with Crippen LogP contribution < -0.4 is 10.5 Å². The summed E-state index contributed by atoms with van der Waals surface area (Å²) in [5, 5.41) is 7.54. The maximum Gasteiger partial charge on any atom is 0.252 e. The Labute approximate surface area is 130 Å². The Hall–Kier alpha value is -1.03. The molecular weight excluding hydrogens is 367 g/mol. The number of carbonyl (C=O) groups is 1. The van der Waals surface area contributed by atoms with Gasteiger partial charge in [0, 0.05) is 17.6 Å². The van der Waals surface area contributed by atoms with Crippen molar-refractivity contribution >= 4 is 31.9 Å². The number of rotatable bonds is 4. The number of primary sulfonamides is 1. The third kappa shape index (κ3) is 4.00. The second-order valence-corrected chi connectivity index (χ2v) is 7.04. The molecule has 1 aliphatic heterocycles. The van der Waals surface area contributed by atoms with Gasteiger partial charge in [-0.2, -0.15) is 0 Å². The largest absolute Gasteiger partial charge is 0.376 e. The average molecular weight is 381 g/mol. The monoisotopic (exact) mass is 380 g/mol. The van der Waals surface area contributed by atoms with Crippen molar-refractivity contribution in [3.8, 4) is 0 Å². The molecule has 1 unspecified atom stereocenters. The molecule has 0 aliphatic carbocycles. The van der Waals surface area contributed by atoms with Crippen LogP contribution in [0.15, 0.2) is 21.5 Å². The van der Waals surface area contributed by atoms with Crippen molar-refractivity contribution < 1.29 is 22.3 Å². The van der Waals surface area contributed by atoms with Gasteiger partial charge in [0.05, 0.1) is 11.7 Å². The summed E-state index contributed by atoms with van der Waals surface area (Å²) in [4.78, 5) is 11.3. The molecule has 1 amide bonds. The van der Waals surface area contributed by atoms with Crippen LogP contribution in [0.2, 0.25) is 0 Å². The van der Waals surface area contributed by atoms with Gasteiger partial charge in [-0.15, -0.1) is 0 Å². The van der Waals surface area contributed by atoms with Gasteiger partial charge < -0.3 is 10.1 Å². The molecule has 1 fully saturated rings. The molecule has 1 heterocycles. The van der Waals surface area contributed by atoms with Gasteiger partial charge in [-0.05, 0) is 40.9 Å². The third-order valence-electron chi connectivity index (χ3n) is 3.09. The molecule has 1 aromatic rings. The molecule has 6 nitrogen and oxygen atoms in total. The molecular formula is C12H14BrFN2O4S. The van der Waals surface area contributed by atoms with Crippen LogP contribution >= 0.6 is 15.9 Å². The number of carbonyl (C=O) groups excluding carboxylic acids is 1. The highest BCUT2D eigenvalue weighted by atomic mass is 79.9. The zero-order chi connectivity index (χ0) is 15.6. The molecule has 3 N–H and O–H groups in total. The summed E-state index contributed by atoms with van der Waals surface area (Å²) in [6.45, 7) is 0.976. The SMILES string of the molecule is NS(=O)(=O)c1cc(C(=O)NCC2CCCO2)c(Br)cc1F. The molecule has 1 saturated heterocycles. The maximum absolute atomic E-state index is 13.6. The molecule has 1 aliphatic rings. The first kappa shape index (κ1) is 16.3. The minimum atomic E-state index is -4.24. The minimum Gasteiger partial charge on any atom is -0.376 e. The van der Waals surface area contributed by atoms with Gasteiger partial charge in [-0.1, -0.05) is 0 Å². The zero-order valence-electron chi connectivity index (χ0n) is 10.9. The Balaban J connectivity index is 2.20. The van der Waals surface area contributed by atoms with Gasteiger partial charge in [0.2, 0.25) is 10.0 Å². The maximum atomic E-state index is 13.6. The first-order valence-corrected chi connectivity index (χ1v) is 8.54. The number of halogens is 2. The van der Waals surface area contributed by atoms with Crippen molar-refractivity contribution in [2.45, 2.75) is 23.8 Å². The number of nitrogens with one attached hydrogen (secondary N) is 1. The molecule has 1 atom stereocenters. The zero-order valence-corrected chi connectivity index (χ0v) is 13.3. The first-order valence-electron chi connectivity index (χ1n) is 6.20. The second kappa shape index (κ2) is 6.39. The van der Waals surface area contributed by atoms with Crippen molar-refractivity contribution in [1.82, 2.24) is 5.32 Å². The van der Waals surface area contributed by atoms with E-state index in [1.807, 2.05) is 0 Å². The highest BCUT2D eigenvalue weighted by molar-refractivity contribution is 9.10. The van der Waals surface area contributed by atoms with Crippen molar-refractivity contribution in [3.05, 3.63) is 28.0 Å². The Morgan fingerprint density at radius 2 is 2.24 bits per heavy atom. The van der Waals surface area contributed by atoms with Crippen LogP contribution in [0.1, 0.15) is 23.2 Å². The lowest BCUT2D eigenvalue weighted by Gasteiger charge is -2.12. The number of benzene rings is 1. The lowest BCUT2D eigenvalue weighted by Crippen LogP contribution is -2.32. The van der Waals surface area contributed by atoms with Crippen LogP contribution in [0.5, 0.6) is 0 Å². The van der Waals surface area contributed by atoms with Crippen molar-refractivity contribution in [1.29, 1.82) is 0 Å². The Morgan fingerprint density at radius 3 is 2.81 bits per heavy atom. The van der Waals surface area contributed by atoms with Crippen LogP contribution in [0.3, 0.4) is 0 Å². The van der Waals surface area contributed by atoms with Crippen molar-refractivity contribution in [2.75, 3.05) is 13.2 Å². The second-order valence-electron chi connectivity index (χ2n) is 4.65. The van der Waals surface area contributed by atoms with Crippen LogP contribution in [0.25, 0.3) is 0 Å². The van der Waals surface area contributed by atoms with Crippen LogP contribution in [0, 0.1) is 5.82 Å². The summed E-state index contributed by atoms with van der Waals surface area (Å²) in [5.41, 5.74) is -0.00146. The predicted molar refractivity (Wildman–Crippen MR) is 76.8 cm³/mol. The van der Waals surface area contributed by atoms with Crippen molar-refractivity contribution in [3.63, 3.8) is 0 Å². The summed E-state index contributed by atoms with van der Waals surface area (Å²) in [6, 6.07) is 1.82. The van der Waals surface area contributed by atoms with Crippen LogP contribution in [-0.4, -0.2) is 33.6 Å². The summed E-state index contributed by atoms with van der Waals surface area (Å²) in [5.74, 6) is -1.54. The molecule has 116 valence electrons. The standard InChI is InChI=1S/C12H14BrFN2O4S/c13-9-5-10(14)11(21(15,18)19)4-8(9)12(17)16-6-7-2-1-3-20-7/h4-5,7H,1-3,6H2,(H,16,17)(H2,15,18,19). The lowest BCUT2D eigenvalue weighted by atomic mass is 10.2. The van der Waals surface area contributed by atoms with Gasteiger partial charge in [0.1, 0.15) is 10.7 Å². The topological polar surface area (TPSA) is 98.5 Å². The van der Waals surface area contributed by atoms with E-state index in [2.05, 4.69) is 21.2 Å². The molecule has 0 saturated carbocycles. The van der Waals surface area contributed by atoms with E-state index in [4.69, 9.17) is 9.88 Å². The fourth-order valence-corrected chi connectivity index (χ4v) is 3.14. The normalized spacial score (nSPS) is 18.7. The fourth-order valence-electron chi connectivity index (χ4n) is 2.03. The van der Waals surface area contributed by atoms with E-state index in [0.29, 0.717) is 13.2 Å². The summed E-state index contributed by atoms with van der Waals surface area (Å²) in [7, 11) is -4.24. The quantitative estimate of drug-likeness (QED) is 0.817. The first-order chi connectivity index (χ1) is 9.79. The van der Waals surface area contributed by atoms with E-state index >= 15 is 0 Å². The van der Waals surface area contributed by atoms with Gasteiger partial charge in [-0.3, -0.25) is 4.79 Å². The molecule has 0 aromatic heterocycles. The number of hydrogen-bond acceptors (Lipinski definition) is 4. The average Bonchev–Trinajstić information content (AvgIpc) is 2.87. The summed E-state index contributed by atoms with van der Waals surface area (Å²) >= 11 is 3.03. The fraction of sp³-hybridized carbons (Fsp3) is 0.417. The van der Waals surface area contributed by atoms with E-state index in [9.17, 15) is 17.6 Å². The Kier molecular flexibility index (Phi) is 4.97. The summed E-state index contributed by atoms with van der Waals surface area (Å²) < 4.78 is 41.7.